The average molecular weight is 705 g/mol. The van der Waals surface area contributed by atoms with Crippen molar-refractivity contribution in [3.63, 3.8) is 0 Å². The summed E-state index contributed by atoms with van der Waals surface area (Å²) < 4.78 is 56.4. The van der Waals surface area contributed by atoms with Gasteiger partial charge in [-0.2, -0.15) is 0 Å². The summed E-state index contributed by atoms with van der Waals surface area (Å²) in [5.74, 6) is -1.24. The minimum Gasteiger partial charge on any atom is -0.466 e. The molecule has 0 aliphatic carbocycles. The Morgan fingerprint density at radius 3 is 2.04 bits per heavy atom. The summed E-state index contributed by atoms with van der Waals surface area (Å²) in [6.45, 7) is 8.62. The van der Waals surface area contributed by atoms with Crippen LogP contribution in [0.1, 0.15) is 53.2 Å². The monoisotopic (exact) mass is 704 g/mol. The van der Waals surface area contributed by atoms with Crippen molar-refractivity contribution in [1.29, 1.82) is 0 Å². The van der Waals surface area contributed by atoms with Crippen LogP contribution in [-0.4, -0.2) is 151 Å². The Kier molecular flexibility index (Phi) is 14.0. The highest BCUT2D eigenvalue weighted by atomic mass is 16.6. The summed E-state index contributed by atoms with van der Waals surface area (Å²) in [4.78, 5) is 26.3. The van der Waals surface area contributed by atoms with Crippen molar-refractivity contribution in [3.05, 3.63) is 24.2 Å². The number of methoxy groups -OCH3 is 1. The molecule has 0 bridgehead atoms. The summed E-state index contributed by atoms with van der Waals surface area (Å²) >= 11 is 0. The second kappa shape index (κ2) is 17.3. The van der Waals surface area contributed by atoms with E-state index in [9.17, 15) is 30.0 Å². The molecule has 4 N–H and O–H groups in total. The number of esters is 2. The minimum absolute atomic E-state index is 0.00222. The molecule has 3 aliphatic heterocycles. The van der Waals surface area contributed by atoms with Gasteiger partial charge in [-0.05, 0) is 59.6 Å². The van der Waals surface area contributed by atoms with Crippen molar-refractivity contribution < 1.29 is 77.1 Å². The molecule has 49 heavy (non-hydrogen) atoms. The number of aliphatic hydroxyl groups excluding tert-OH is 4. The molecule has 4 heterocycles. The van der Waals surface area contributed by atoms with Crippen LogP contribution in [0, 0.1) is 0 Å². The van der Waals surface area contributed by atoms with E-state index in [1.807, 2.05) is 0 Å². The van der Waals surface area contributed by atoms with Gasteiger partial charge in [0.1, 0.15) is 67.8 Å². The molecular weight excluding hydrogens is 652 g/mol. The summed E-state index contributed by atoms with van der Waals surface area (Å²) in [5, 5.41) is 44.0. The molecule has 11 atom stereocenters. The molecule has 0 radical (unpaired) electrons. The molecule has 16 heteroatoms. The lowest BCUT2D eigenvalue weighted by Crippen LogP contribution is -2.66. The van der Waals surface area contributed by atoms with Gasteiger partial charge in [0, 0.05) is 20.3 Å². The third-order valence-corrected chi connectivity index (χ3v) is 9.04. The maximum atomic E-state index is 13.3. The first-order chi connectivity index (χ1) is 23.2. The molecule has 3 saturated heterocycles. The average Bonchev–Trinajstić information content (AvgIpc) is 3.78. The van der Waals surface area contributed by atoms with Gasteiger partial charge >= 0.3 is 11.9 Å². The molecule has 6 unspecified atom stereocenters. The van der Waals surface area contributed by atoms with Crippen molar-refractivity contribution >= 4 is 11.9 Å². The second-order valence-corrected chi connectivity index (χ2v) is 13.4. The number of carbonyl (C=O) groups is 2. The Morgan fingerprint density at radius 1 is 0.857 bits per heavy atom. The van der Waals surface area contributed by atoms with E-state index >= 15 is 0 Å². The maximum absolute atomic E-state index is 13.3. The summed E-state index contributed by atoms with van der Waals surface area (Å²) in [5.41, 5.74) is -2.40. The van der Waals surface area contributed by atoms with Crippen molar-refractivity contribution in [2.24, 2.45) is 0 Å². The fourth-order valence-corrected chi connectivity index (χ4v) is 6.39. The van der Waals surface area contributed by atoms with Gasteiger partial charge in [0.25, 0.3) is 0 Å². The first-order valence-electron chi connectivity index (χ1n) is 16.6. The highest BCUT2D eigenvalue weighted by Crippen LogP contribution is 2.34. The fourth-order valence-electron chi connectivity index (χ4n) is 6.39. The van der Waals surface area contributed by atoms with Crippen LogP contribution in [0.4, 0.5) is 0 Å². The standard InChI is InChI=1S/C33H52O16/c1-7-46-32(2,3)28-23(37)21(35)25(27(49-28)31(39)45-17-19-11-9-13-42-19)43-14-15-47-33(4,5)29-22(36)20(34)24(40-6)26(48-29)30(38)44-16-18-10-8-12-41-18/h8,10,12,19-29,34-37H,7,9,11,13-17H2,1-6H3/t19?,20-,21-,22?,23+,24+,25+,26?,27?,28?,29?/m1/s1. The predicted molar refractivity (Wildman–Crippen MR) is 166 cm³/mol. The molecule has 4 rings (SSSR count). The first kappa shape index (κ1) is 39.6. The molecule has 3 fully saturated rings. The van der Waals surface area contributed by atoms with Crippen LogP contribution in [0.5, 0.6) is 0 Å². The quantitative estimate of drug-likeness (QED) is 0.132. The van der Waals surface area contributed by atoms with Crippen LogP contribution < -0.4 is 0 Å². The predicted octanol–water partition coefficient (Wildman–Crippen LogP) is 0.0339. The van der Waals surface area contributed by atoms with Gasteiger partial charge in [-0.25, -0.2) is 9.59 Å². The van der Waals surface area contributed by atoms with Gasteiger partial charge in [0.2, 0.25) is 0 Å². The lowest BCUT2D eigenvalue weighted by molar-refractivity contribution is -0.282. The lowest BCUT2D eigenvalue weighted by atomic mass is 9.86. The van der Waals surface area contributed by atoms with Crippen molar-refractivity contribution in [1.82, 2.24) is 0 Å². The van der Waals surface area contributed by atoms with Crippen molar-refractivity contribution in [3.8, 4) is 0 Å². The number of rotatable bonds is 16. The Hall–Kier alpha value is -2.22. The topological polar surface area (TPSA) is 211 Å². The Bertz CT molecular complexity index is 1170. The number of hydrogen-bond acceptors (Lipinski definition) is 16. The van der Waals surface area contributed by atoms with E-state index in [0.29, 0.717) is 19.0 Å². The zero-order valence-corrected chi connectivity index (χ0v) is 28.9. The van der Waals surface area contributed by atoms with Gasteiger partial charge in [-0.3, -0.25) is 0 Å². The van der Waals surface area contributed by atoms with E-state index in [1.165, 1.54) is 13.4 Å². The lowest BCUT2D eigenvalue weighted by Gasteiger charge is -2.47. The van der Waals surface area contributed by atoms with Crippen LogP contribution in [0.15, 0.2) is 22.8 Å². The minimum atomic E-state index is -1.57. The molecule has 3 aliphatic rings. The largest absolute Gasteiger partial charge is 0.466 e. The molecule has 280 valence electrons. The fraction of sp³-hybridized carbons (Fsp3) is 0.818. The van der Waals surface area contributed by atoms with Crippen molar-refractivity contribution in [2.45, 2.75) is 132 Å². The van der Waals surface area contributed by atoms with E-state index in [0.717, 1.165) is 12.8 Å². The third kappa shape index (κ3) is 9.56. The van der Waals surface area contributed by atoms with E-state index < -0.39 is 84.2 Å². The van der Waals surface area contributed by atoms with Crippen LogP contribution >= 0.6 is 0 Å². The molecule has 1 aromatic heterocycles. The van der Waals surface area contributed by atoms with Gasteiger partial charge in [-0.15, -0.1) is 0 Å². The van der Waals surface area contributed by atoms with Crippen molar-refractivity contribution in [2.75, 3.05) is 40.1 Å². The molecular formula is C33H52O16. The van der Waals surface area contributed by atoms with Gasteiger partial charge < -0.3 is 67.5 Å². The number of hydrogen-bond donors (Lipinski definition) is 4. The van der Waals surface area contributed by atoms with Gasteiger partial charge in [-0.1, -0.05) is 0 Å². The number of aliphatic hydroxyl groups is 4. The van der Waals surface area contributed by atoms with Crippen LogP contribution in [0.25, 0.3) is 0 Å². The molecule has 1 aromatic rings. The molecule has 0 spiro atoms. The Balaban J connectivity index is 1.40. The highest BCUT2D eigenvalue weighted by molar-refractivity contribution is 5.76. The summed E-state index contributed by atoms with van der Waals surface area (Å²) in [7, 11) is 1.27. The zero-order valence-electron chi connectivity index (χ0n) is 28.9. The van der Waals surface area contributed by atoms with E-state index in [2.05, 4.69) is 0 Å². The molecule has 0 amide bonds. The van der Waals surface area contributed by atoms with E-state index in [4.69, 9.17) is 47.0 Å². The van der Waals surface area contributed by atoms with Crippen LogP contribution in [-0.2, 0) is 58.8 Å². The SMILES string of the molecule is CCOC(C)(C)C1OC(C(=O)OCC2CCCO2)[C@@H](OCCOC(C)(C)C2OC(C(=O)OCc3ccco3)[C@@H](OC)[C@H](O)C2O)[C@H](O)[C@@H]1O. The number of ether oxygens (including phenoxy) is 9. The highest BCUT2D eigenvalue weighted by Gasteiger charge is 2.55. The Labute approximate surface area is 285 Å². The van der Waals surface area contributed by atoms with Crippen LogP contribution in [0.3, 0.4) is 0 Å². The smallest absolute Gasteiger partial charge is 0.338 e. The first-order valence-corrected chi connectivity index (χ1v) is 16.6. The molecule has 16 nitrogen and oxygen atoms in total. The third-order valence-electron chi connectivity index (χ3n) is 9.04. The van der Waals surface area contributed by atoms with Crippen LogP contribution in [0.2, 0.25) is 0 Å². The normalized spacial score (nSPS) is 34.1. The van der Waals surface area contributed by atoms with E-state index in [1.54, 1.807) is 46.8 Å². The Morgan fingerprint density at radius 2 is 1.47 bits per heavy atom. The zero-order chi connectivity index (χ0) is 35.9. The van der Waals surface area contributed by atoms with E-state index in [-0.39, 0.29) is 32.5 Å². The number of carbonyl (C=O) groups excluding carboxylic acids is 2. The molecule has 0 aromatic carbocycles. The summed E-state index contributed by atoms with van der Waals surface area (Å²) in [6.07, 6.45) is -11.1. The summed E-state index contributed by atoms with van der Waals surface area (Å²) in [6, 6.07) is 3.26. The number of furan rings is 1. The van der Waals surface area contributed by atoms with Gasteiger partial charge in [0.15, 0.2) is 12.2 Å². The molecule has 0 saturated carbocycles. The second-order valence-electron chi connectivity index (χ2n) is 13.4. The van der Waals surface area contributed by atoms with Gasteiger partial charge in [0.05, 0.1) is 36.8 Å². The maximum Gasteiger partial charge on any atom is 0.338 e.